The molecule has 0 aromatic heterocycles. The van der Waals surface area contributed by atoms with Crippen molar-refractivity contribution in [2.24, 2.45) is 11.7 Å². The molecule has 0 aliphatic rings. The molecule has 0 bridgehead atoms. The Morgan fingerprint density at radius 1 is 1.64 bits per heavy atom. The molecule has 0 heterocycles. The average Bonchev–Trinajstić information content (AvgIpc) is 2.16. The van der Waals surface area contributed by atoms with E-state index >= 15 is 0 Å². The summed E-state index contributed by atoms with van der Waals surface area (Å²) < 4.78 is 0. The van der Waals surface area contributed by atoms with Crippen molar-refractivity contribution in [2.75, 3.05) is 12.3 Å². The predicted molar refractivity (Wildman–Crippen MR) is 60.7 cm³/mol. The second-order valence-electron chi connectivity index (χ2n) is 3.55. The van der Waals surface area contributed by atoms with Gasteiger partial charge in [-0.3, -0.25) is 4.79 Å². The van der Waals surface area contributed by atoms with E-state index in [0.29, 0.717) is 12.3 Å². The van der Waals surface area contributed by atoms with Gasteiger partial charge in [0.25, 0.3) is 0 Å². The molecule has 0 aromatic rings. The van der Waals surface area contributed by atoms with E-state index in [4.69, 9.17) is 10.8 Å². The van der Waals surface area contributed by atoms with Crippen LogP contribution in [0.25, 0.3) is 0 Å². The van der Waals surface area contributed by atoms with E-state index in [-0.39, 0.29) is 12.0 Å². The maximum Gasteiger partial charge on any atom is 0.320 e. The van der Waals surface area contributed by atoms with Crippen LogP contribution in [0, 0.1) is 5.92 Å². The minimum atomic E-state index is -0.814. The Kier molecular flexibility index (Phi) is 6.96. The van der Waals surface area contributed by atoms with Gasteiger partial charge in [-0.05, 0) is 5.92 Å². The van der Waals surface area contributed by atoms with Gasteiger partial charge in [0.1, 0.15) is 6.04 Å². The average molecular weight is 220 g/mol. The van der Waals surface area contributed by atoms with Crippen molar-refractivity contribution in [3.63, 3.8) is 0 Å². The van der Waals surface area contributed by atoms with Crippen molar-refractivity contribution >= 4 is 18.6 Å². The summed E-state index contributed by atoms with van der Waals surface area (Å²) in [7, 11) is 0. The first kappa shape index (κ1) is 13.7. The summed E-state index contributed by atoms with van der Waals surface area (Å²) >= 11 is 4.03. The molecule has 0 fully saturated rings. The van der Waals surface area contributed by atoms with E-state index in [1.165, 1.54) is 0 Å². The van der Waals surface area contributed by atoms with Gasteiger partial charge in [-0.15, -0.1) is 0 Å². The number of hydrogen-bond donors (Lipinski definition) is 4. The molecule has 84 valence electrons. The van der Waals surface area contributed by atoms with Crippen LogP contribution in [0.1, 0.15) is 20.3 Å². The molecule has 0 aliphatic carbocycles. The first-order chi connectivity index (χ1) is 6.52. The zero-order valence-electron chi connectivity index (χ0n) is 8.73. The lowest BCUT2D eigenvalue weighted by atomic mass is 9.99. The number of nitrogens with two attached hydrogens (primary N) is 1. The van der Waals surface area contributed by atoms with E-state index < -0.39 is 12.0 Å². The SMILES string of the molecule is CC[C@H](C)[C@H](NC[C@@H](N)CS)C(=O)O. The standard InChI is InChI=1S/C9H20N2O2S/c1-3-6(2)8(9(12)13)11-4-7(10)5-14/h6-8,11,14H,3-5,10H2,1-2H3,(H,12,13)/t6-,7+,8-/m0/s1. The first-order valence-corrected chi connectivity index (χ1v) is 5.48. The quantitative estimate of drug-likeness (QED) is 0.467. The van der Waals surface area contributed by atoms with Crippen LogP contribution < -0.4 is 11.1 Å². The van der Waals surface area contributed by atoms with Gasteiger partial charge in [-0.2, -0.15) is 12.6 Å². The van der Waals surface area contributed by atoms with Gasteiger partial charge in [0.05, 0.1) is 0 Å². The van der Waals surface area contributed by atoms with Crippen molar-refractivity contribution in [1.82, 2.24) is 5.32 Å². The Morgan fingerprint density at radius 2 is 2.21 bits per heavy atom. The molecule has 0 saturated heterocycles. The number of carbonyl (C=O) groups is 1. The number of carboxylic acids is 1. The Morgan fingerprint density at radius 3 is 2.57 bits per heavy atom. The molecule has 0 aromatic carbocycles. The van der Waals surface area contributed by atoms with Crippen molar-refractivity contribution in [3.8, 4) is 0 Å². The molecule has 0 amide bonds. The largest absolute Gasteiger partial charge is 0.480 e. The molecular weight excluding hydrogens is 200 g/mol. The molecule has 0 rings (SSSR count). The summed E-state index contributed by atoms with van der Waals surface area (Å²) in [6.45, 7) is 4.38. The summed E-state index contributed by atoms with van der Waals surface area (Å²) in [5.74, 6) is -0.148. The number of aliphatic carboxylic acids is 1. The Labute approximate surface area is 90.7 Å². The van der Waals surface area contributed by atoms with Gasteiger partial charge in [0.2, 0.25) is 0 Å². The highest BCUT2D eigenvalue weighted by atomic mass is 32.1. The molecule has 3 atom stereocenters. The van der Waals surface area contributed by atoms with E-state index in [2.05, 4.69) is 17.9 Å². The van der Waals surface area contributed by atoms with Crippen LogP contribution in [-0.4, -0.2) is 35.5 Å². The van der Waals surface area contributed by atoms with Gasteiger partial charge in [-0.1, -0.05) is 20.3 Å². The highest BCUT2D eigenvalue weighted by molar-refractivity contribution is 7.80. The topological polar surface area (TPSA) is 75.3 Å². The third kappa shape index (κ3) is 4.83. The zero-order valence-corrected chi connectivity index (χ0v) is 9.63. The molecule has 0 saturated carbocycles. The van der Waals surface area contributed by atoms with E-state index in [0.717, 1.165) is 6.42 Å². The Hall–Kier alpha value is -0.260. The molecular formula is C9H20N2O2S. The fourth-order valence-corrected chi connectivity index (χ4v) is 1.24. The molecule has 0 spiro atoms. The molecule has 4 nitrogen and oxygen atoms in total. The number of rotatable bonds is 7. The van der Waals surface area contributed by atoms with Gasteiger partial charge in [0.15, 0.2) is 0 Å². The molecule has 0 aliphatic heterocycles. The van der Waals surface area contributed by atoms with Gasteiger partial charge in [-0.25, -0.2) is 0 Å². The van der Waals surface area contributed by atoms with E-state index in [1.54, 1.807) is 0 Å². The van der Waals surface area contributed by atoms with Crippen molar-refractivity contribution in [1.29, 1.82) is 0 Å². The summed E-state index contributed by atoms with van der Waals surface area (Å²) in [4.78, 5) is 10.9. The number of hydrogen-bond acceptors (Lipinski definition) is 4. The predicted octanol–water partition coefficient (Wildman–Crippen LogP) is 0.332. The lowest BCUT2D eigenvalue weighted by molar-refractivity contribution is -0.140. The Bertz CT molecular complexity index is 178. The third-order valence-corrected chi connectivity index (χ3v) is 2.78. The molecule has 0 radical (unpaired) electrons. The first-order valence-electron chi connectivity index (χ1n) is 4.85. The highest BCUT2D eigenvalue weighted by Crippen LogP contribution is 2.07. The molecule has 14 heavy (non-hydrogen) atoms. The van der Waals surface area contributed by atoms with E-state index in [9.17, 15) is 4.79 Å². The minimum Gasteiger partial charge on any atom is -0.480 e. The number of carboxylic acid groups (broad SMARTS) is 1. The van der Waals surface area contributed by atoms with Crippen LogP contribution in [0.15, 0.2) is 0 Å². The van der Waals surface area contributed by atoms with Crippen LogP contribution in [0.3, 0.4) is 0 Å². The fourth-order valence-electron chi connectivity index (χ4n) is 1.11. The summed E-state index contributed by atoms with van der Waals surface area (Å²) in [5.41, 5.74) is 5.63. The second-order valence-corrected chi connectivity index (χ2v) is 3.92. The lowest BCUT2D eigenvalue weighted by Crippen LogP contribution is -2.47. The van der Waals surface area contributed by atoms with Crippen LogP contribution in [-0.2, 0) is 4.79 Å². The molecule has 0 unspecified atom stereocenters. The third-order valence-electron chi connectivity index (χ3n) is 2.31. The minimum absolute atomic E-state index is 0.0933. The van der Waals surface area contributed by atoms with Crippen molar-refractivity contribution in [2.45, 2.75) is 32.4 Å². The van der Waals surface area contributed by atoms with Crippen molar-refractivity contribution < 1.29 is 9.90 Å². The summed E-state index contributed by atoms with van der Waals surface area (Å²) in [6, 6.07) is -0.602. The number of nitrogens with one attached hydrogen (secondary N) is 1. The van der Waals surface area contributed by atoms with Gasteiger partial charge in [0, 0.05) is 18.3 Å². The van der Waals surface area contributed by atoms with Crippen LogP contribution >= 0.6 is 12.6 Å². The fraction of sp³-hybridized carbons (Fsp3) is 0.889. The summed E-state index contributed by atoms with van der Waals surface area (Å²) in [5, 5.41) is 11.9. The van der Waals surface area contributed by atoms with Crippen LogP contribution in [0.4, 0.5) is 0 Å². The normalized spacial score (nSPS) is 17.4. The molecule has 4 N–H and O–H groups in total. The zero-order chi connectivity index (χ0) is 11.1. The maximum atomic E-state index is 10.9. The summed E-state index contributed by atoms with van der Waals surface area (Å²) in [6.07, 6.45) is 0.833. The lowest BCUT2D eigenvalue weighted by Gasteiger charge is -2.21. The van der Waals surface area contributed by atoms with Crippen molar-refractivity contribution in [3.05, 3.63) is 0 Å². The smallest absolute Gasteiger partial charge is 0.320 e. The van der Waals surface area contributed by atoms with Crippen LogP contribution in [0.2, 0.25) is 0 Å². The van der Waals surface area contributed by atoms with Gasteiger partial charge >= 0.3 is 5.97 Å². The van der Waals surface area contributed by atoms with Crippen LogP contribution in [0.5, 0.6) is 0 Å². The van der Waals surface area contributed by atoms with E-state index in [1.807, 2.05) is 13.8 Å². The monoisotopic (exact) mass is 220 g/mol. The number of thiol groups is 1. The van der Waals surface area contributed by atoms with Gasteiger partial charge < -0.3 is 16.2 Å². The highest BCUT2D eigenvalue weighted by Gasteiger charge is 2.22. The maximum absolute atomic E-state index is 10.9. The Balaban J connectivity index is 4.04. The second kappa shape index (κ2) is 7.09. The molecule has 5 heteroatoms.